The van der Waals surface area contributed by atoms with Crippen LogP contribution in [-0.4, -0.2) is 15.8 Å². The van der Waals surface area contributed by atoms with Gasteiger partial charge in [-0.05, 0) is 37.1 Å². The van der Waals surface area contributed by atoms with Crippen LogP contribution in [0, 0.1) is 12.3 Å². The van der Waals surface area contributed by atoms with E-state index in [4.69, 9.17) is 0 Å². The average molecular weight is 268 g/mol. The number of carbonyl (C=O) groups is 1. The van der Waals surface area contributed by atoms with E-state index < -0.39 is 0 Å². The molecule has 104 valence electrons. The Morgan fingerprint density at radius 1 is 1.40 bits per heavy atom. The lowest BCUT2D eigenvalue weighted by Gasteiger charge is -2.25. The van der Waals surface area contributed by atoms with Crippen molar-refractivity contribution in [1.29, 1.82) is 0 Å². The lowest BCUT2D eigenvalue weighted by atomic mass is 9.79. The van der Waals surface area contributed by atoms with Gasteiger partial charge in [-0.3, -0.25) is 4.79 Å². The fourth-order valence-corrected chi connectivity index (χ4v) is 3.25. The number of nitrogens with zero attached hydrogens (tertiary/aromatic N) is 1. The van der Waals surface area contributed by atoms with E-state index in [-0.39, 0.29) is 11.2 Å². The summed E-state index contributed by atoms with van der Waals surface area (Å²) in [6.07, 6.45) is 4.47. The first kappa shape index (κ1) is 13.1. The fourth-order valence-electron chi connectivity index (χ4n) is 3.25. The van der Waals surface area contributed by atoms with Crippen LogP contribution in [0.3, 0.4) is 0 Å². The Kier molecular flexibility index (Phi) is 3.00. The molecule has 2 aromatic rings. The smallest absolute Gasteiger partial charge is 0.157 e. The summed E-state index contributed by atoms with van der Waals surface area (Å²) in [5, 5.41) is 0. The van der Waals surface area contributed by atoms with Crippen molar-refractivity contribution in [1.82, 2.24) is 9.97 Å². The lowest BCUT2D eigenvalue weighted by Crippen LogP contribution is -2.16. The van der Waals surface area contributed by atoms with Crippen LogP contribution in [-0.2, 0) is 4.79 Å². The zero-order valence-electron chi connectivity index (χ0n) is 12.3. The van der Waals surface area contributed by atoms with E-state index in [2.05, 4.69) is 42.9 Å². The Bertz CT molecular complexity index is 711. The maximum atomic E-state index is 11.9. The van der Waals surface area contributed by atoms with Crippen LogP contribution < -0.4 is 0 Å². The summed E-state index contributed by atoms with van der Waals surface area (Å²) in [5.74, 6) is 1.07. The predicted molar refractivity (Wildman–Crippen MR) is 81.4 cm³/mol. The third-order valence-corrected chi connectivity index (χ3v) is 4.21. The van der Waals surface area contributed by atoms with Gasteiger partial charge in [-0.1, -0.05) is 26.3 Å². The molecule has 3 rings (SSSR count). The van der Waals surface area contributed by atoms with Gasteiger partial charge in [0.2, 0.25) is 0 Å². The van der Waals surface area contributed by atoms with E-state index in [0.717, 1.165) is 35.3 Å². The molecule has 3 nitrogen and oxygen atoms in total. The van der Waals surface area contributed by atoms with Crippen LogP contribution >= 0.6 is 0 Å². The van der Waals surface area contributed by atoms with Crippen molar-refractivity contribution in [3.8, 4) is 0 Å². The van der Waals surface area contributed by atoms with E-state index in [9.17, 15) is 4.79 Å². The molecule has 1 aromatic heterocycles. The van der Waals surface area contributed by atoms with E-state index in [1.165, 1.54) is 5.56 Å². The molecule has 20 heavy (non-hydrogen) atoms. The lowest BCUT2D eigenvalue weighted by molar-refractivity contribution is -0.115. The maximum Gasteiger partial charge on any atom is 0.157 e. The number of hydrogen-bond acceptors (Lipinski definition) is 2. The van der Waals surface area contributed by atoms with Crippen LogP contribution in [0.1, 0.15) is 44.5 Å². The number of imidazole rings is 1. The van der Waals surface area contributed by atoms with E-state index in [1.807, 2.05) is 6.07 Å². The predicted octanol–water partition coefficient (Wildman–Crippen LogP) is 4.03. The molecular weight excluding hydrogens is 248 g/mol. The molecule has 1 N–H and O–H groups in total. The minimum absolute atomic E-state index is 0.0746. The van der Waals surface area contributed by atoms with Gasteiger partial charge in [-0.15, -0.1) is 0 Å². The molecule has 0 amide bonds. The monoisotopic (exact) mass is 268 g/mol. The molecule has 0 fully saturated rings. The van der Waals surface area contributed by atoms with Crippen molar-refractivity contribution in [2.24, 2.45) is 5.41 Å². The highest BCUT2D eigenvalue weighted by molar-refractivity contribution is 6.03. The van der Waals surface area contributed by atoms with Crippen molar-refractivity contribution >= 4 is 22.4 Å². The summed E-state index contributed by atoms with van der Waals surface area (Å²) < 4.78 is 0. The molecular formula is C17H20N2O. The van der Waals surface area contributed by atoms with Gasteiger partial charge in [0.05, 0.1) is 11.0 Å². The van der Waals surface area contributed by atoms with Crippen molar-refractivity contribution in [2.75, 3.05) is 0 Å². The number of fused-ring (bicyclic) bond motifs is 1. The molecule has 0 spiro atoms. The number of aromatic amines is 1. The molecule has 1 aliphatic rings. The minimum Gasteiger partial charge on any atom is -0.338 e. The van der Waals surface area contributed by atoms with Crippen LogP contribution in [0.25, 0.3) is 16.6 Å². The molecule has 0 aliphatic heterocycles. The first-order valence-electron chi connectivity index (χ1n) is 7.23. The summed E-state index contributed by atoms with van der Waals surface area (Å²) in [4.78, 5) is 19.9. The number of aromatic nitrogens is 2. The minimum atomic E-state index is -0.0746. The summed E-state index contributed by atoms with van der Waals surface area (Å²) >= 11 is 0. The number of rotatable bonds is 3. The zero-order chi connectivity index (χ0) is 14.3. The second-order valence-electron chi connectivity index (χ2n) is 6.12. The number of nitrogens with one attached hydrogen (secondary N) is 1. The standard InChI is InChI=1S/C17H20N2O/c1-4-7-17(3)10-12(20)9-13(17)16-18-14-6-5-11(2)8-15(14)19-16/h5-6,8-9H,4,7,10H2,1-3H3,(H,18,19). The Balaban J connectivity index is 2.09. The Labute approximate surface area is 119 Å². The summed E-state index contributed by atoms with van der Waals surface area (Å²) in [6, 6.07) is 6.19. The topological polar surface area (TPSA) is 45.8 Å². The van der Waals surface area contributed by atoms with Crippen LogP contribution in [0.4, 0.5) is 0 Å². The largest absolute Gasteiger partial charge is 0.338 e. The summed E-state index contributed by atoms with van der Waals surface area (Å²) in [5.41, 5.74) is 4.21. The van der Waals surface area contributed by atoms with Crippen molar-refractivity contribution in [3.05, 3.63) is 35.7 Å². The van der Waals surface area contributed by atoms with E-state index >= 15 is 0 Å². The van der Waals surface area contributed by atoms with Gasteiger partial charge >= 0.3 is 0 Å². The molecule has 0 bridgehead atoms. The molecule has 3 heteroatoms. The third-order valence-electron chi connectivity index (χ3n) is 4.21. The molecule has 1 aliphatic carbocycles. The Morgan fingerprint density at radius 2 is 2.20 bits per heavy atom. The number of ketones is 1. The summed E-state index contributed by atoms with van der Waals surface area (Å²) in [7, 11) is 0. The quantitative estimate of drug-likeness (QED) is 0.913. The second kappa shape index (κ2) is 4.58. The molecule has 0 saturated heterocycles. The Hall–Kier alpha value is -1.90. The average Bonchev–Trinajstić information content (AvgIpc) is 2.90. The molecule has 0 saturated carbocycles. The number of benzene rings is 1. The van der Waals surface area contributed by atoms with Crippen molar-refractivity contribution in [3.63, 3.8) is 0 Å². The molecule has 1 aromatic carbocycles. The van der Waals surface area contributed by atoms with Gasteiger partial charge in [0.1, 0.15) is 5.82 Å². The highest BCUT2D eigenvalue weighted by atomic mass is 16.1. The highest BCUT2D eigenvalue weighted by Crippen LogP contribution is 2.45. The summed E-state index contributed by atoms with van der Waals surface area (Å²) in [6.45, 7) is 6.40. The number of carbonyl (C=O) groups excluding carboxylic acids is 1. The first-order chi connectivity index (χ1) is 9.51. The van der Waals surface area contributed by atoms with E-state index in [1.54, 1.807) is 6.08 Å². The van der Waals surface area contributed by atoms with Gasteiger partial charge in [0.15, 0.2) is 5.78 Å². The molecule has 1 unspecified atom stereocenters. The maximum absolute atomic E-state index is 11.9. The SMILES string of the molecule is CCCC1(C)CC(=O)C=C1c1nc2ccc(C)cc2[nH]1. The number of allylic oxidation sites excluding steroid dienone is 2. The van der Waals surface area contributed by atoms with Gasteiger partial charge < -0.3 is 4.98 Å². The van der Waals surface area contributed by atoms with Gasteiger partial charge in [0.25, 0.3) is 0 Å². The van der Waals surface area contributed by atoms with Crippen molar-refractivity contribution in [2.45, 2.75) is 40.0 Å². The highest BCUT2D eigenvalue weighted by Gasteiger charge is 2.38. The second-order valence-corrected chi connectivity index (χ2v) is 6.12. The van der Waals surface area contributed by atoms with Crippen LogP contribution in [0.5, 0.6) is 0 Å². The fraction of sp³-hybridized carbons (Fsp3) is 0.412. The zero-order valence-corrected chi connectivity index (χ0v) is 12.3. The van der Waals surface area contributed by atoms with Crippen LogP contribution in [0.15, 0.2) is 24.3 Å². The Morgan fingerprint density at radius 3 is 2.95 bits per heavy atom. The third kappa shape index (κ3) is 2.07. The van der Waals surface area contributed by atoms with Crippen molar-refractivity contribution < 1.29 is 4.79 Å². The molecule has 0 radical (unpaired) electrons. The first-order valence-corrected chi connectivity index (χ1v) is 7.23. The number of aryl methyl sites for hydroxylation is 1. The number of hydrogen-bond donors (Lipinski definition) is 1. The van der Waals surface area contributed by atoms with Crippen LogP contribution in [0.2, 0.25) is 0 Å². The van der Waals surface area contributed by atoms with Gasteiger partial charge in [0, 0.05) is 17.4 Å². The molecule has 1 atom stereocenters. The normalized spacial score (nSPS) is 22.6. The van der Waals surface area contributed by atoms with Gasteiger partial charge in [-0.25, -0.2) is 4.98 Å². The van der Waals surface area contributed by atoms with E-state index in [0.29, 0.717) is 6.42 Å². The van der Waals surface area contributed by atoms with Gasteiger partial charge in [-0.2, -0.15) is 0 Å². The molecule has 1 heterocycles. The number of H-pyrrole nitrogens is 1.